The van der Waals surface area contributed by atoms with Gasteiger partial charge in [0.1, 0.15) is 5.82 Å². The molecule has 0 spiro atoms. The van der Waals surface area contributed by atoms with Crippen molar-refractivity contribution in [1.29, 1.82) is 0 Å². The molecule has 1 N–H and O–H groups in total. The van der Waals surface area contributed by atoms with Crippen LogP contribution in [0.4, 0.5) is 15.6 Å². The van der Waals surface area contributed by atoms with E-state index in [0.29, 0.717) is 13.1 Å². The average Bonchev–Trinajstić information content (AvgIpc) is 3.19. The van der Waals surface area contributed by atoms with E-state index >= 15 is 0 Å². The van der Waals surface area contributed by atoms with Gasteiger partial charge in [0.25, 0.3) is 0 Å². The van der Waals surface area contributed by atoms with Crippen LogP contribution in [0.25, 0.3) is 0 Å². The van der Waals surface area contributed by atoms with E-state index in [1.54, 1.807) is 0 Å². The normalized spacial score (nSPS) is 14.2. The Labute approximate surface area is 169 Å². The van der Waals surface area contributed by atoms with Crippen molar-refractivity contribution in [3.05, 3.63) is 71.5 Å². The molecule has 1 saturated heterocycles. The number of nitrogens with zero attached hydrogens (tertiary/aromatic N) is 4. The van der Waals surface area contributed by atoms with Gasteiger partial charge in [-0.3, -0.25) is 0 Å². The molecule has 6 nitrogen and oxygen atoms in total. The van der Waals surface area contributed by atoms with Crippen LogP contribution < -0.4 is 10.2 Å². The lowest BCUT2D eigenvalue weighted by Crippen LogP contribution is -2.50. The zero-order chi connectivity index (χ0) is 19.3. The van der Waals surface area contributed by atoms with E-state index < -0.39 is 0 Å². The van der Waals surface area contributed by atoms with Gasteiger partial charge in [-0.1, -0.05) is 48.0 Å². The smallest absolute Gasteiger partial charge is 0.321 e. The third kappa shape index (κ3) is 4.48. The molecule has 0 atom stereocenters. The quantitative estimate of drug-likeness (QED) is 0.733. The van der Waals surface area contributed by atoms with Crippen LogP contribution in [0.2, 0.25) is 0 Å². The number of hydrogen-bond acceptors (Lipinski definition) is 5. The van der Waals surface area contributed by atoms with Gasteiger partial charge in [0.15, 0.2) is 0 Å². The molecule has 2 aromatic carbocycles. The SMILES string of the molecule is Cc1ccc(Cc2nsc(N3CCN(C(=O)Nc4ccccc4)CC3)n2)cc1. The number of aromatic nitrogens is 2. The first-order valence-corrected chi connectivity index (χ1v) is 10.2. The minimum atomic E-state index is -0.0526. The van der Waals surface area contributed by atoms with E-state index in [1.807, 2.05) is 35.2 Å². The average molecular weight is 394 g/mol. The van der Waals surface area contributed by atoms with Crippen LogP contribution in [0.5, 0.6) is 0 Å². The second-order valence-corrected chi connectivity index (χ2v) is 7.66. The minimum absolute atomic E-state index is 0.0526. The number of benzene rings is 2. The standard InChI is InChI=1S/C21H23N5OS/c1-16-7-9-17(10-8-16)15-19-23-21(28-24-19)26-13-11-25(12-14-26)20(27)22-18-5-3-2-4-6-18/h2-10H,11-15H2,1H3,(H,22,27). The number of para-hydroxylation sites is 1. The van der Waals surface area contributed by atoms with Gasteiger partial charge in [-0.05, 0) is 24.6 Å². The van der Waals surface area contributed by atoms with Gasteiger partial charge in [0, 0.05) is 49.8 Å². The number of amides is 2. The van der Waals surface area contributed by atoms with Crippen molar-refractivity contribution >= 4 is 28.4 Å². The second-order valence-electron chi connectivity index (χ2n) is 6.93. The minimum Gasteiger partial charge on any atom is -0.343 e. The largest absolute Gasteiger partial charge is 0.343 e. The molecule has 0 saturated carbocycles. The predicted molar refractivity (Wildman–Crippen MR) is 113 cm³/mol. The summed E-state index contributed by atoms with van der Waals surface area (Å²) in [4.78, 5) is 21.2. The lowest BCUT2D eigenvalue weighted by Gasteiger charge is -2.34. The maximum absolute atomic E-state index is 12.4. The summed E-state index contributed by atoms with van der Waals surface area (Å²) in [6, 6.07) is 18.0. The predicted octanol–water partition coefficient (Wildman–Crippen LogP) is 3.79. The highest BCUT2D eigenvalue weighted by Crippen LogP contribution is 2.21. The Hall–Kier alpha value is -2.93. The highest BCUT2D eigenvalue weighted by molar-refractivity contribution is 7.09. The van der Waals surface area contributed by atoms with Crippen molar-refractivity contribution in [3.63, 3.8) is 0 Å². The highest BCUT2D eigenvalue weighted by Gasteiger charge is 2.23. The molecule has 0 bridgehead atoms. The van der Waals surface area contributed by atoms with E-state index in [0.717, 1.165) is 36.2 Å². The maximum Gasteiger partial charge on any atom is 0.321 e. The molecule has 7 heteroatoms. The summed E-state index contributed by atoms with van der Waals surface area (Å²) in [5.74, 6) is 0.855. The van der Waals surface area contributed by atoms with E-state index in [1.165, 1.54) is 22.7 Å². The van der Waals surface area contributed by atoms with Gasteiger partial charge in [0.2, 0.25) is 5.13 Å². The van der Waals surface area contributed by atoms with Gasteiger partial charge in [-0.2, -0.15) is 4.37 Å². The number of hydrogen-bond donors (Lipinski definition) is 1. The number of anilines is 2. The summed E-state index contributed by atoms with van der Waals surface area (Å²) in [6.45, 7) is 4.96. The monoisotopic (exact) mass is 393 g/mol. The fourth-order valence-electron chi connectivity index (χ4n) is 3.16. The van der Waals surface area contributed by atoms with Crippen LogP contribution >= 0.6 is 11.5 Å². The molecule has 0 aliphatic carbocycles. The molecule has 0 radical (unpaired) electrons. The summed E-state index contributed by atoms with van der Waals surface area (Å²) in [7, 11) is 0. The Morgan fingerprint density at radius 3 is 2.46 bits per heavy atom. The lowest BCUT2D eigenvalue weighted by molar-refractivity contribution is 0.208. The zero-order valence-corrected chi connectivity index (χ0v) is 16.7. The molecule has 1 aliphatic heterocycles. The van der Waals surface area contributed by atoms with Crippen LogP contribution in [0.3, 0.4) is 0 Å². The highest BCUT2D eigenvalue weighted by atomic mass is 32.1. The summed E-state index contributed by atoms with van der Waals surface area (Å²) in [5.41, 5.74) is 3.29. The summed E-state index contributed by atoms with van der Waals surface area (Å²) >= 11 is 1.44. The van der Waals surface area contributed by atoms with Crippen LogP contribution in [0.15, 0.2) is 54.6 Å². The molecule has 2 amide bonds. The van der Waals surface area contributed by atoms with Crippen LogP contribution in [-0.4, -0.2) is 46.5 Å². The van der Waals surface area contributed by atoms with Crippen molar-refractivity contribution in [3.8, 4) is 0 Å². The molecule has 1 fully saturated rings. The molecule has 1 aliphatic rings. The maximum atomic E-state index is 12.4. The van der Waals surface area contributed by atoms with Gasteiger partial charge in [-0.25, -0.2) is 9.78 Å². The molecular formula is C21H23N5OS. The Balaban J connectivity index is 1.31. The second kappa shape index (κ2) is 8.39. The van der Waals surface area contributed by atoms with Crippen molar-refractivity contribution in [2.24, 2.45) is 0 Å². The first kappa shape index (κ1) is 18.4. The lowest BCUT2D eigenvalue weighted by atomic mass is 10.1. The first-order valence-electron chi connectivity index (χ1n) is 9.41. The molecular weight excluding hydrogens is 370 g/mol. The number of carbonyl (C=O) groups excluding carboxylic acids is 1. The van der Waals surface area contributed by atoms with Gasteiger partial charge in [0.05, 0.1) is 0 Å². The topological polar surface area (TPSA) is 61.4 Å². The molecule has 2 heterocycles. The first-order chi connectivity index (χ1) is 13.7. The van der Waals surface area contributed by atoms with E-state index in [4.69, 9.17) is 4.98 Å². The summed E-state index contributed by atoms with van der Waals surface area (Å²) in [5, 5.41) is 3.88. The van der Waals surface area contributed by atoms with Crippen molar-refractivity contribution in [2.75, 3.05) is 36.4 Å². The number of rotatable bonds is 4. The number of piperazine rings is 1. The van der Waals surface area contributed by atoms with Crippen LogP contribution in [-0.2, 0) is 6.42 Å². The molecule has 4 rings (SSSR count). The number of carbonyl (C=O) groups is 1. The molecule has 144 valence electrons. The number of nitrogens with one attached hydrogen (secondary N) is 1. The van der Waals surface area contributed by atoms with Crippen molar-refractivity contribution in [1.82, 2.24) is 14.3 Å². The Morgan fingerprint density at radius 1 is 1.04 bits per heavy atom. The van der Waals surface area contributed by atoms with Crippen LogP contribution in [0.1, 0.15) is 17.0 Å². The van der Waals surface area contributed by atoms with E-state index in [9.17, 15) is 4.79 Å². The fraction of sp³-hybridized carbons (Fsp3) is 0.286. The Bertz CT molecular complexity index is 917. The Morgan fingerprint density at radius 2 is 1.75 bits per heavy atom. The van der Waals surface area contributed by atoms with Gasteiger partial charge < -0.3 is 15.1 Å². The third-order valence-corrected chi connectivity index (χ3v) is 5.62. The van der Waals surface area contributed by atoms with Gasteiger partial charge >= 0.3 is 6.03 Å². The van der Waals surface area contributed by atoms with E-state index in [-0.39, 0.29) is 6.03 Å². The number of urea groups is 1. The zero-order valence-electron chi connectivity index (χ0n) is 15.8. The van der Waals surface area contributed by atoms with Gasteiger partial charge in [-0.15, -0.1) is 0 Å². The molecule has 3 aromatic rings. The van der Waals surface area contributed by atoms with Crippen molar-refractivity contribution < 1.29 is 4.79 Å². The molecule has 0 unspecified atom stereocenters. The summed E-state index contributed by atoms with van der Waals surface area (Å²) < 4.78 is 4.52. The third-order valence-electron chi connectivity index (χ3n) is 4.80. The summed E-state index contributed by atoms with van der Waals surface area (Å²) in [6.07, 6.45) is 0.746. The van der Waals surface area contributed by atoms with Crippen LogP contribution in [0, 0.1) is 6.92 Å². The fourth-order valence-corrected chi connectivity index (χ4v) is 3.89. The number of aryl methyl sites for hydroxylation is 1. The molecule has 1 aromatic heterocycles. The van der Waals surface area contributed by atoms with E-state index in [2.05, 4.69) is 45.8 Å². The Kier molecular flexibility index (Phi) is 5.53. The van der Waals surface area contributed by atoms with Crippen molar-refractivity contribution in [2.45, 2.75) is 13.3 Å². The molecule has 28 heavy (non-hydrogen) atoms.